The van der Waals surface area contributed by atoms with E-state index in [9.17, 15) is 9.59 Å². The molecule has 3 aliphatic rings. The molecule has 2 heterocycles. The van der Waals surface area contributed by atoms with Crippen molar-refractivity contribution in [1.82, 2.24) is 4.90 Å². The van der Waals surface area contributed by atoms with Crippen molar-refractivity contribution in [2.45, 2.75) is 31.3 Å². The maximum atomic E-state index is 12.6. The second-order valence-corrected chi connectivity index (χ2v) is 6.70. The van der Waals surface area contributed by atoms with E-state index in [1.54, 1.807) is 6.08 Å². The predicted octanol–water partition coefficient (Wildman–Crippen LogP) is 3.06. The predicted molar refractivity (Wildman–Crippen MR) is 82.9 cm³/mol. The molecule has 106 valence electrons. The van der Waals surface area contributed by atoms with Gasteiger partial charge >= 0.3 is 0 Å². The normalized spacial score (nSPS) is 30.4. The van der Waals surface area contributed by atoms with Crippen molar-refractivity contribution >= 4 is 27.6 Å². The van der Waals surface area contributed by atoms with Gasteiger partial charge in [-0.1, -0.05) is 30.3 Å². The molecular weight excluding hydrogens is 330 g/mol. The highest BCUT2D eigenvalue weighted by Gasteiger charge is 2.56. The summed E-state index contributed by atoms with van der Waals surface area (Å²) in [5, 5.41) is 0. The molecular formula is C17H14BrNO2. The van der Waals surface area contributed by atoms with Crippen LogP contribution in [0.1, 0.15) is 30.4 Å². The van der Waals surface area contributed by atoms with Gasteiger partial charge in [0.15, 0.2) is 5.78 Å². The molecule has 4 heteroatoms. The second-order valence-electron chi connectivity index (χ2n) is 5.91. The molecule has 1 spiro atoms. The van der Waals surface area contributed by atoms with Crippen LogP contribution < -0.4 is 0 Å². The fourth-order valence-corrected chi connectivity index (χ4v) is 4.52. The Kier molecular flexibility index (Phi) is 2.58. The van der Waals surface area contributed by atoms with Crippen molar-refractivity contribution in [1.29, 1.82) is 0 Å². The third-order valence-corrected chi connectivity index (χ3v) is 5.96. The molecule has 0 aromatic heterocycles. The quantitative estimate of drug-likeness (QED) is 0.725. The average Bonchev–Trinajstić information content (AvgIpc) is 2.68. The molecule has 0 saturated carbocycles. The van der Waals surface area contributed by atoms with Gasteiger partial charge in [-0.05, 0) is 45.6 Å². The van der Waals surface area contributed by atoms with Crippen LogP contribution in [0.5, 0.6) is 0 Å². The van der Waals surface area contributed by atoms with Crippen LogP contribution in [-0.4, -0.2) is 22.1 Å². The summed E-state index contributed by atoms with van der Waals surface area (Å²) in [5.41, 5.74) is 2.87. The minimum atomic E-state index is -0.474. The highest BCUT2D eigenvalue weighted by Crippen LogP contribution is 2.54. The molecule has 21 heavy (non-hydrogen) atoms. The van der Waals surface area contributed by atoms with Crippen LogP contribution in [-0.2, 0) is 16.1 Å². The van der Waals surface area contributed by atoms with Crippen LogP contribution in [0.4, 0.5) is 0 Å². The Morgan fingerprint density at radius 2 is 2.05 bits per heavy atom. The third kappa shape index (κ3) is 1.49. The lowest BCUT2D eigenvalue weighted by Crippen LogP contribution is -2.55. The molecule has 2 unspecified atom stereocenters. The zero-order chi connectivity index (χ0) is 14.8. The number of halogens is 1. The number of amides is 1. The standard InChI is InChI=1S/C17H14BrNO2/c1-10-15(18)16(21)19-9-11-4-2-3-5-13(11)14-8-12(20)6-7-17(10,14)19/h2-7,14H,8-9H2,1H3. The molecule has 0 radical (unpaired) electrons. The summed E-state index contributed by atoms with van der Waals surface area (Å²) >= 11 is 3.45. The van der Waals surface area contributed by atoms with Gasteiger partial charge in [-0.2, -0.15) is 0 Å². The van der Waals surface area contributed by atoms with E-state index in [1.807, 2.05) is 30.0 Å². The van der Waals surface area contributed by atoms with Crippen LogP contribution in [0.15, 0.2) is 46.5 Å². The van der Waals surface area contributed by atoms with Gasteiger partial charge in [-0.15, -0.1) is 0 Å². The van der Waals surface area contributed by atoms with Crippen molar-refractivity contribution in [2.24, 2.45) is 0 Å². The summed E-state index contributed by atoms with van der Waals surface area (Å²) in [5.74, 6) is 0.163. The lowest BCUT2D eigenvalue weighted by Gasteiger charge is -2.49. The largest absolute Gasteiger partial charge is 0.320 e. The molecule has 1 aromatic carbocycles. The van der Waals surface area contributed by atoms with Crippen LogP contribution in [0.2, 0.25) is 0 Å². The maximum Gasteiger partial charge on any atom is 0.262 e. The monoisotopic (exact) mass is 343 g/mol. The van der Waals surface area contributed by atoms with E-state index in [0.29, 0.717) is 17.4 Å². The zero-order valence-corrected chi connectivity index (χ0v) is 13.2. The molecule has 0 N–H and O–H groups in total. The van der Waals surface area contributed by atoms with E-state index < -0.39 is 5.54 Å². The molecule has 3 nitrogen and oxygen atoms in total. The Morgan fingerprint density at radius 1 is 1.29 bits per heavy atom. The first kappa shape index (κ1) is 13.0. The van der Waals surface area contributed by atoms with Gasteiger partial charge in [0.1, 0.15) is 0 Å². The van der Waals surface area contributed by atoms with Gasteiger partial charge in [0, 0.05) is 18.9 Å². The Balaban J connectivity index is 2.02. The topological polar surface area (TPSA) is 37.4 Å². The van der Waals surface area contributed by atoms with Crippen molar-refractivity contribution in [2.75, 3.05) is 0 Å². The highest BCUT2D eigenvalue weighted by atomic mass is 79.9. The summed E-state index contributed by atoms with van der Waals surface area (Å²) in [6.07, 6.45) is 4.02. The number of carbonyl (C=O) groups excluding carboxylic acids is 2. The van der Waals surface area contributed by atoms with Gasteiger partial charge in [0.05, 0.1) is 10.0 Å². The molecule has 0 fully saturated rings. The van der Waals surface area contributed by atoms with E-state index in [1.165, 1.54) is 5.56 Å². The number of nitrogens with zero attached hydrogens (tertiary/aromatic N) is 1. The van der Waals surface area contributed by atoms with Crippen molar-refractivity contribution in [3.05, 3.63) is 57.6 Å². The summed E-state index contributed by atoms with van der Waals surface area (Å²) < 4.78 is 0.638. The highest BCUT2D eigenvalue weighted by molar-refractivity contribution is 9.12. The van der Waals surface area contributed by atoms with E-state index in [0.717, 1.165) is 11.1 Å². The molecule has 1 amide bonds. The van der Waals surface area contributed by atoms with Crippen molar-refractivity contribution < 1.29 is 9.59 Å². The fraction of sp³-hybridized carbons (Fsp3) is 0.294. The summed E-state index contributed by atoms with van der Waals surface area (Å²) in [6.45, 7) is 2.58. The average molecular weight is 344 g/mol. The first-order valence-electron chi connectivity index (χ1n) is 7.04. The zero-order valence-electron chi connectivity index (χ0n) is 11.6. The van der Waals surface area contributed by atoms with Crippen LogP contribution in [0.25, 0.3) is 0 Å². The number of ketones is 1. The van der Waals surface area contributed by atoms with Gasteiger partial charge in [0.25, 0.3) is 5.91 Å². The molecule has 4 rings (SSSR count). The molecule has 0 bridgehead atoms. The molecule has 0 saturated heterocycles. The van der Waals surface area contributed by atoms with Crippen molar-refractivity contribution in [3.63, 3.8) is 0 Å². The Bertz CT molecular complexity index is 749. The Morgan fingerprint density at radius 3 is 2.86 bits per heavy atom. The molecule has 2 aliphatic heterocycles. The number of rotatable bonds is 0. The smallest absolute Gasteiger partial charge is 0.262 e. The number of carbonyl (C=O) groups is 2. The van der Waals surface area contributed by atoms with Crippen LogP contribution in [0.3, 0.4) is 0 Å². The minimum absolute atomic E-state index is 0.0129. The van der Waals surface area contributed by atoms with Crippen molar-refractivity contribution in [3.8, 4) is 0 Å². The number of hydrogen-bond acceptors (Lipinski definition) is 2. The van der Waals surface area contributed by atoms with Gasteiger partial charge in [0.2, 0.25) is 0 Å². The second kappa shape index (κ2) is 4.17. The minimum Gasteiger partial charge on any atom is -0.320 e. The van der Waals surface area contributed by atoms with Crippen LogP contribution >= 0.6 is 15.9 Å². The summed E-state index contributed by atoms with van der Waals surface area (Å²) in [6, 6.07) is 8.14. The maximum absolute atomic E-state index is 12.6. The lowest BCUT2D eigenvalue weighted by molar-refractivity contribution is -0.131. The number of allylic oxidation sites excluding steroid dienone is 1. The Labute approximate surface area is 131 Å². The van der Waals surface area contributed by atoms with Gasteiger partial charge in [-0.3, -0.25) is 9.59 Å². The van der Waals surface area contributed by atoms with Crippen LogP contribution in [0, 0.1) is 0 Å². The number of fused-ring (bicyclic) bond motifs is 2. The summed E-state index contributed by atoms with van der Waals surface area (Å²) in [7, 11) is 0. The summed E-state index contributed by atoms with van der Waals surface area (Å²) in [4.78, 5) is 26.5. The third-order valence-electron chi connectivity index (χ3n) is 5.03. The van der Waals surface area contributed by atoms with Gasteiger partial charge < -0.3 is 4.90 Å². The van der Waals surface area contributed by atoms with E-state index in [2.05, 4.69) is 28.1 Å². The van der Waals surface area contributed by atoms with Gasteiger partial charge in [-0.25, -0.2) is 0 Å². The SMILES string of the molecule is CC1=C(Br)C(=O)N2Cc3ccccc3C3CC(=O)C=CC132. The molecule has 1 aromatic rings. The van der Waals surface area contributed by atoms with E-state index in [4.69, 9.17) is 0 Å². The molecule has 1 aliphatic carbocycles. The number of benzene rings is 1. The number of hydrogen-bond donors (Lipinski definition) is 0. The van der Waals surface area contributed by atoms with E-state index in [-0.39, 0.29) is 17.6 Å². The molecule has 2 atom stereocenters. The first-order valence-corrected chi connectivity index (χ1v) is 7.83. The lowest BCUT2D eigenvalue weighted by atomic mass is 9.66. The van der Waals surface area contributed by atoms with E-state index >= 15 is 0 Å². The fourth-order valence-electron chi connectivity index (χ4n) is 3.99. The Hall–Kier alpha value is -1.68. The first-order chi connectivity index (χ1) is 10.1.